The molecule has 0 amide bonds. The van der Waals surface area contributed by atoms with Crippen LogP contribution in [0.3, 0.4) is 0 Å². The highest BCUT2D eigenvalue weighted by molar-refractivity contribution is 5.40. The summed E-state index contributed by atoms with van der Waals surface area (Å²) >= 11 is 0. The third kappa shape index (κ3) is 3.25. The first-order valence-corrected chi connectivity index (χ1v) is 6.11. The highest BCUT2D eigenvalue weighted by atomic mass is 16.5. The normalized spacial score (nSPS) is 9.85. The number of aromatic nitrogens is 1. The van der Waals surface area contributed by atoms with E-state index in [-0.39, 0.29) is 0 Å². The number of benzene rings is 1. The van der Waals surface area contributed by atoms with E-state index < -0.39 is 0 Å². The molecule has 2 N–H and O–H groups in total. The molecule has 2 rings (SSSR count). The van der Waals surface area contributed by atoms with E-state index in [4.69, 9.17) is 20.5 Å². The van der Waals surface area contributed by atoms with E-state index in [1.54, 1.807) is 19.4 Å². The van der Waals surface area contributed by atoms with Crippen molar-refractivity contribution in [2.45, 2.75) is 13.2 Å². The summed E-state index contributed by atoms with van der Waals surface area (Å²) in [5.74, 6) is 1.46. The molecule has 102 valence electrons. The lowest BCUT2D eigenvalue weighted by molar-refractivity contribution is 0.302. The molecule has 0 aliphatic carbocycles. The predicted octanol–water partition coefficient (Wildman–Crippen LogP) is 2.00. The quantitative estimate of drug-likeness (QED) is 0.897. The lowest BCUT2D eigenvalue weighted by atomic mass is 10.2. The van der Waals surface area contributed by atoms with E-state index in [2.05, 4.69) is 4.98 Å². The summed E-state index contributed by atoms with van der Waals surface area (Å²) in [6.07, 6.45) is 1.59. The van der Waals surface area contributed by atoms with Crippen molar-refractivity contribution in [3.05, 3.63) is 53.3 Å². The third-order valence-electron chi connectivity index (χ3n) is 2.82. The van der Waals surface area contributed by atoms with Crippen LogP contribution in [0, 0.1) is 11.3 Å². The molecule has 2 aromatic rings. The fourth-order valence-electron chi connectivity index (χ4n) is 1.77. The molecule has 0 aliphatic heterocycles. The second kappa shape index (κ2) is 6.55. The number of nitriles is 1. The van der Waals surface area contributed by atoms with Crippen LogP contribution in [-0.4, -0.2) is 12.1 Å². The molecule has 0 aliphatic rings. The fraction of sp³-hybridized carbons (Fsp3) is 0.200. The number of methoxy groups -OCH3 is 1. The minimum Gasteiger partial charge on any atom is -0.497 e. The Labute approximate surface area is 117 Å². The molecule has 0 saturated heterocycles. The van der Waals surface area contributed by atoms with E-state index in [0.717, 1.165) is 16.9 Å². The van der Waals surface area contributed by atoms with Gasteiger partial charge in [0.05, 0.1) is 7.11 Å². The molecule has 0 bridgehead atoms. The van der Waals surface area contributed by atoms with Crippen LogP contribution in [0.4, 0.5) is 0 Å². The van der Waals surface area contributed by atoms with Crippen LogP contribution in [0.2, 0.25) is 0 Å². The molecule has 0 spiro atoms. The van der Waals surface area contributed by atoms with Crippen molar-refractivity contribution < 1.29 is 9.47 Å². The first-order chi connectivity index (χ1) is 9.76. The second-order valence-electron chi connectivity index (χ2n) is 4.13. The lowest BCUT2D eigenvalue weighted by Gasteiger charge is -2.12. The lowest BCUT2D eigenvalue weighted by Crippen LogP contribution is -2.03. The van der Waals surface area contributed by atoms with Gasteiger partial charge in [-0.25, -0.2) is 4.98 Å². The van der Waals surface area contributed by atoms with Crippen LogP contribution < -0.4 is 15.2 Å². The zero-order valence-corrected chi connectivity index (χ0v) is 11.2. The van der Waals surface area contributed by atoms with Crippen molar-refractivity contribution in [2.75, 3.05) is 7.11 Å². The first-order valence-electron chi connectivity index (χ1n) is 6.11. The molecule has 0 fully saturated rings. The van der Waals surface area contributed by atoms with Gasteiger partial charge in [0.15, 0.2) is 0 Å². The molecule has 20 heavy (non-hydrogen) atoms. The van der Waals surface area contributed by atoms with Crippen molar-refractivity contribution in [3.8, 4) is 17.6 Å². The number of rotatable bonds is 5. The fourth-order valence-corrected chi connectivity index (χ4v) is 1.77. The van der Waals surface area contributed by atoms with Crippen molar-refractivity contribution in [2.24, 2.45) is 5.73 Å². The topological polar surface area (TPSA) is 81.2 Å². The van der Waals surface area contributed by atoms with E-state index >= 15 is 0 Å². The Morgan fingerprint density at radius 3 is 2.85 bits per heavy atom. The SMILES string of the molecule is COc1ccc(OCc2ccnc(C#N)c2)c(CN)c1. The number of pyridine rings is 1. The number of hydrogen-bond donors (Lipinski definition) is 1. The number of nitrogens with zero attached hydrogens (tertiary/aromatic N) is 2. The predicted molar refractivity (Wildman–Crippen MR) is 74.2 cm³/mol. The zero-order chi connectivity index (χ0) is 14.4. The van der Waals surface area contributed by atoms with Crippen molar-refractivity contribution in [1.29, 1.82) is 5.26 Å². The standard InChI is InChI=1S/C15H15N3O2/c1-19-14-2-3-15(12(7-14)8-16)20-10-11-4-5-18-13(6-11)9-17/h2-7H,8,10,16H2,1H3. The molecule has 0 saturated carbocycles. The van der Waals surface area contributed by atoms with Crippen LogP contribution in [-0.2, 0) is 13.2 Å². The molecule has 1 aromatic heterocycles. The van der Waals surface area contributed by atoms with Crippen LogP contribution in [0.15, 0.2) is 36.5 Å². The summed E-state index contributed by atoms with van der Waals surface area (Å²) in [5.41, 5.74) is 7.83. The summed E-state index contributed by atoms with van der Waals surface area (Å²) in [7, 11) is 1.61. The van der Waals surface area contributed by atoms with Crippen LogP contribution in [0.1, 0.15) is 16.8 Å². The van der Waals surface area contributed by atoms with Gasteiger partial charge in [0.25, 0.3) is 0 Å². The van der Waals surface area contributed by atoms with Crippen molar-refractivity contribution >= 4 is 0 Å². The van der Waals surface area contributed by atoms with Gasteiger partial charge in [0, 0.05) is 18.3 Å². The van der Waals surface area contributed by atoms with Gasteiger partial charge in [-0.1, -0.05) is 0 Å². The maximum atomic E-state index is 8.80. The molecule has 0 atom stereocenters. The van der Waals surface area contributed by atoms with E-state index in [1.807, 2.05) is 30.3 Å². The van der Waals surface area contributed by atoms with E-state index in [1.165, 1.54) is 0 Å². The van der Waals surface area contributed by atoms with Crippen LogP contribution in [0.25, 0.3) is 0 Å². The van der Waals surface area contributed by atoms with Crippen LogP contribution >= 0.6 is 0 Å². The Bertz CT molecular complexity index is 635. The van der Waals surface area contributed by atoms with Gasteiger partial charge in [0.1, 0.15) is 29.9 Å². The minimum atomic E-state index is 0.358. The maximum Gasteiger partial charge on any atom is 0.140 e. The largest absolute Gasteiger partial charge is 0.497 e. The Morgan fingerprint density at radius 1 is 1.30 bits per heavy atom. The number of nitrogens with two attached hydrogens (primary N) is 1. The van der Waals surface area contributed by atoms with Gasteiger partial charge in [-0.2, -0.15) is 5.26 Å². The van der Waals surface area contributed by atoms with Gasteiger partial charge < -0.3 is 15.2 Å². The van der Waals surface area contributed by atoms with E-state index in [0.29, 0.717) is 24.6 Å². The average Bonchev–Trinajstić information content (AvgIpc) is 2.52. The van der Waals surface area contributed by atoms with Gasteiger partial charge >= 0.3 is 0 Å². The maximum absolute atomic E-state index is 8.80. The highest BCUT2D eigenvalue weighted by Crippen LogP contribution is 2.24. The zero-order valence-electron chi connectivity index (χ0n) is 11.2. The Balaban J connectivity index is 2.12. The summed E-state index contributed by atoms with van der Waals surface area (Å²) in [5, 5.41) is 8.80. The Morgan fingerprint density at radius 2 is 2.15 bits per heavy atom. The first kappa shape index (κ1) is 13.8. The van der Waals surface area contributed by atoms with Gasteiger partial charge in [0.2, 0.25) is 0 Å². The second-order valence-corrected chi connectivity index (χ2v) is 4.13. The van der Waals surface area contributed by atoms with Crippen molar-refractivity contribution in [3.63, 3.8) is 0 Å². The third-order valence-corrected chi connectivity index (χ3v) is 2.82. The average molecular weight is 269 g/mol. The Hall–Kier alpha value is -2.58. The molecular formula is C15H15N3O2. The molecule has 5 heteroatoms. The summed E-state index contributed by atoms with van der Waals surface area (Å²) in [6.45, 7) is 0.725. The smallest absolute Gasteiger partial charge is 0.140 e. The Kier molecular flexibility index (Phi) is 4.53. The highest BCUT2D eigenvalue weighted by Gasteiger charge is 2.05. The van der Waals surface area contributed by atoms with Gasteiger partial charge in [-0.15, -0.1) is 0 Å². The number of hydrogen-bond acceptors (Lipinski definition) is 5. The molecule has 1 aromatic carbocycles. The van der Waals surface area contributed by atoms with E-state index in [9.17, 15) is 0 Å². The molecule has 0 unspecified atom stereocenters. The van der Waals surface area contributed by atoms with Gasteiger partial charge in [-0.05, 0) is 35.9 Å². The monoisotopic (exact) mass is 269 g/mol. The molecule has 1 heterocycles. The summed E-state index contributed by atoms with van der Waals surface area (Å²) < 4.78 is 10.9. The number of ether oxygens (including phenoxy) is 2. The summed E-state index contributed by atoms with van der Waals surface area (Å²) in [4.78, 5) is 3.92. The molecule has 5 nitrogen and oxygen atoms in total. The van der Waals surface area contributed by atoms with Gasteiger partial charge in [-0.3, -0.25) is 0 Å². The minimum absolute atomic E-state index is 0.358. The van der Waals surface area contributed by atoms with Crippen molar-refractivity contribution in [1.82, 2.24) is 4.98 Å². The summed E-state index contributed by atoms with van der Waals surface area (Å²) in [6, 6.07) is 11.0. The van der Waals surface area contributed by atoms with Crippen LogP contribution in [0.5, 0.6) is 11.5 Å². The molecule has 0 radical (unpaired) electrons. The molecular weight excluding hydrogens is 254 g/mol.